The topological polar surface area (TPSA) is 29.5 Å². The van der Waals surface area contributed by atoms with Gasteiger partial charge in [0.2, 0.25) is 0 Å². The van der Waals surface area contributed by atoms with Gasteiger partial charge in [-0.1, -0.05) is 12.1 Å². The molecule has 0 saturated heterocycles. The Kier molecular flexibility index (Phi) is 4.42. The lowest BCUT2D eigenvalue weighted by atomic mass is 10.2. The number of benzene rings is 2. The first-order valence-corrected chi connectivity index (χ1v) is 6.87. The largest absolute Gasteiger partial charge is 0.497 e. The molecule has 98 valence electrons. The summed E-state index contributed by atoms with van der Waals surface area (Å²) in [5.74, 6) is 0.701. The Morgan fingerprint density at radius 1 is 1.16 bits per heavy atom. The fourth-order valence-electron chi connectivity index (χ4n) is 1.75. The molecule has 0 fully saturated rings. The molecule has 0 unspecified atom stereocenters. The molecule has 3 nitrogen and oxygen atoms in total. The van der Waals surface area contributed by atoms with Crippen molar-refractivity contribution in [2.75, 3.05) is 19.1 Å². The summed E-state index contributed by atoms with van der Waals surface area (Å²) in [6.45, 7) is 0. The van der Waals surface area contributed by atoms with Crippen molar-refractivity contribution in [1.29, 1.82) is 0 Å². The number of amides is 1. The number of anilines is 1. The molecule has 0 aliphatic heterocycles. The quantitative estimate of drug-likeness (QED) is 0.777. The van der Waals surface area contributed by atoms with Gasteiger partial charge in [0.1, 0.15) is 5.75 Å². The van der Waals surface area contributed by atoms with E-state index >= 15 is 0 Å². The molecule has 1 amide bonds. The fraction of sp³-hybridized carbons (Fsp3) is 0.133. The van der Waals surface area contributed by atoms with Crippen LogP contribution in [-0.2, 0) is 0 Å². The molecule has 4 heteroatoms. The summed E-state index contributed by atoms with van der Waals surface area (Å²) in [6.07, 6.45) is 0. The third kappa shape index (κ3) is 3.26. The van der Waals surface area contributed by atoms with Crippen LogP contribution in [0, 0.1) is 3.57 Å². The molecule has 0 aromatic heterocycles. The van der Waals surface area contributed by atoms with Gasteiger partial charge >= 0.3 is 0 Å². The fourth-order valence-corrected chi connectivity index (χ4v) is 2.29. The number of carbonyl (C=O) groups is 1. The second-order valence-electron chi connectivity index (χ2n) is 4.08. The minimum Gasteiger partial charge on any atom is -0.497 e. The number of carbonyl (C=O) groups excluding carboxylic acids is 1. The lowest BCUT2D eigenvalue weighted by Crippen LogP contribution is -2.26. The molecule has 2 rings (SSSR count). The maximum absolute atomic E-state index is 12.4. The highest BCUT2D eigenvalue weighted by atomic mass is 127. The van der Waals surface area contributed by atoms with Crippen LogP contribution in [0.2, 0.25) is 0 Å². The molecule has 0 saturated carbocycles. The third-order valence-corrected chi connectivity index (χ3v) is 3.49. The van der Waals surface area contributed by atoms with E-state index in [2.05, 4.69) is 22.6 Å². The Morgan fingerprint density at radius 3 is 2.58 bits per heavy atom. The average Bonchev–Trinajstić information content (AvgIpc) is 2.45. The summed E-state index contributed by atoms with van der Waals surface area (Å²) in [5, 5.41) is 0. The highest BCUT2D eigenvalue weighted by Crippen LogP contribution is 2.21. The molecule has 0 atom stereocenters. The van der Waals surface area contributed by atoms with Crippen LogP contribution in [0.15, 0.2) is 48.5 Å². The maximum atomic E-state index is 12.4. The SMILES string of the molecule is COc1cccc(N(C)C(=O)c2cccc(I)c2)c1. The summed E-state index contributed by atoms with van der Waals surface area (Å²) in [5.41, 5.74) is 1.49. The Labute approximate surface area is 126 Å². The van der Waals surface area contributed by atoms with Gasteiger partial charge in [-0.3, -0.25) is 4.79 Å². The molecule has 0 bridgehead atoms. The number of methoxy groups -OCH3 is 1. The summed E-state index contributed by atoms with van der Waals surface area (Å²) in [4.78, 5) is 14.0. The second-order valence-corrected chi connectivity index (χ2v) is 5.32. The van der Waals surface area contributed by atoms with Gasteiger partial charge in [-0.05, 0) is 52.9 Å². The molecule has 2 aromatic rings. The lowest BCUT2D eigenvalue weighted by Gasteiger charge is -2.18. The molecule has 19 heavy (non-hydrogen) atoms. The van der Waals surface area contributed by atoms with Crippen LogP contribution in [-0.4, -0.2) is 20.1 Å². The summed E-state index contributed by atoms with van der Waals surface area (Å²) >= 11 is 2.20. The monoisotopic (exact) mass is 367 g/mol. The van der Waals surface area contributed by atoms with Crippen molar-refractivity contribution in [2.24, 2.45) is 0 Å². The Balaban J connectivity index is 2.28. The zero-order valence-corrected chi connectivity index (χ0v) is 12.9. The minimum atomic E-state index is -0.0354. The van der Waals surface area contributed by atoms with Crippen molar-refractivity contribution in [3.63, 3.8) is 0 Å². The Morgan fingerprint density at radius 2 is 1.89 bits per heavy atom. The van der Waals surface area contributed by atoms with E-state index in [0.29, 0.717) is 5.56 Å². The van der Waals surface area contributed by atoms with Crippen LogP contribution in [0.4, 0.5) is 5.69 Å². The standard InChI is InChI=1S/C15H14INO2/c1-17(13-7-4-8-14(10-13)19-2)15(18)11-5-3-6-12(16)9-11/h3-10H,1-2H3. The van der Waals surface area contributed by atoms with E-state index in [1.54, 1.807) is 19.1 Å². The van der Waals surface area contributed by atoms with Crippen molar-refractivity contribution in [2.45, 2.75) is 0 Å². The Bertz CT molecular complexity index is 598. The average molecular weight is 367 g/mol. The smallest absolute Gasteiger partial charge is 0.258 e. The number of ether oxygens (including phenoxy) is 1. The van der Waals surface area contributed by atoms with E-state index in [-0.39, 0.29) is 5.91 Å². The number of hydrogen-bond donors (Lipinski definition) is 0. The van der Waals surface area contributed by atoms with Crippen molar-refractivity contribution in [3.8, 4) is 5.75 Å². The van der Waals surface area contributed by atoms with Gasteiger partial charge in [-0.15, -0.1) is 0 Å². The van der Waals surface area contributed by atoms with Gasteiger partial charge in [-0.25, -0.2) is 0 Å². The van der Waals surface area contributed by atoms with Crippen LogP contribution in [0.3, 0.4) is 0 Å². The van der Waals surface area contributed by atoms with Crippen molar-refractivity contribution >= 4 is 34.2 Å². The first kappa shape index (κ1) is 13.9. The molecular weight excluding hydrogens is 353 g/mol. The number of halogens is 1. The van der Waals surface area contributed by atoms with Gasteiger partial charge in [0.25, 0.3) is 5.91 Å². The van der Waals surface area contributed by atoms with Crippen LogP contribution in [0.5, 0.6) is 5.75 Å². The van der Waals surface area contributed by atoms with Crippen molar-refractivity contribution in [3.05, 3.63) is 57.7 Å². The molecule has 0 aliphatic carbocycles. The van der Waals surface area contributed by atoms with E-state index in [4.69, 9.17) is 4.74 Å². The molecule has 0 aliphatic rings. The zero-order chi connectivity index (χ0) is 13.8. The van der Waals surface area contributed by atoms with E-state index in [0.717, 1.165) is 15.0 Å². The molecule has 0 heterocycles. The zero-order valence-electron chi connectivity index (χ0n) is 10.8. The van der Waals surface area contributed by atoms with Gasteiger partial charge in [0.05, 0.1) is 7.11 Å². The highest BCUT2D eigenvalue weighted by Gasteiger charge is 2.13. The molecule has 0 radical (unpaired) electrons. The van der Waals surface area contributed by atoms with Gasteiger partial charge in [-0.2, -0.15) is 0 Å². The summed E-state index contributed by atoms with van der Waals surface area (Å²) < 4.78 is 6.21. The highest BCUT2D eigenvalue weighted by molar-refractivity contribution is 14.1. The minimum absolute atomic E-state index is 0.0354. The van der Waals surface area contributed by atoms with Gasteiger partial charge in [0, 0.05) is 27.9 Å². The van der Waals surface area contributed by atoms with E-state index in [9.17, 15) is 4.79 Å². The maximum Gasteiger partial charge on any atom is 0.258 e. The van der Waals surface area contributed by atoms with Crippen LogP contribution in [0.1, 0.15) is 10.4 Å². The number of nitrogens with zero attached hydrogens (tertiary/aromatic N) is 1. The van der Waals surface area contributed by atoms with Crippen LogP contribution in [0.25, 0.3) is 0 Å². The van der Waals surface area contributed by atoms with Gasteiger partial charge < -0.3 is 9.64 Å². The Hall–Kier alpha value is -1.56. The predicted octanol–water partition coefficient (Wildman–Crippen LogP) is 3.58. The third-order valence-electron chi connectivity index (χ3n) is 2.82. The molecule has 0 N–H and O–H groups in total. The second kappa shape index (κ2) is 6.06. The predicted molar refractivity (Wildman–Crippen MR) is 84.9 cm³/mol. The first-order valence-electron chi connectivity index (χ1n) is 5.79. The number of rotatable bonds is 3. The van der Waals surface area contributed by atoms with Crippen molar-refractivity contribution in [1.82, 2.24) is 0 Å². The molecule has 0 spiro atoms. The van der Waals surface area contributed by atoms with E-state index in [1.807, 2.05) is 48.5 Å². The van der Waals surface area contributed by atoms with E-state index < -0.39 is 0 Å². The van der Waals surface area contributed by atoms with Crippen LogP contribution >= 0.6 is 22.6 Å². The molecule has 2 aromatic carbocycles. The molecular formula is C15H14INO2. The summed E-state index contributed by atoms with van der Waals surface area (Å²) in [6, 6.07) is 15.0. The lowest BCUT2D eigenvalue weighted by molar-refractivity contribution is 0.0993. The van der Waals surface area contributed by atoms with Crippen LogP contribution < -0.4 is 9.64 Å². The van der Waals surface area contributed by atoms with E-state index in [1.165, 1.54) is 0 Å². The number of hydrogen-bond acceptors (Lipinski definition) is 2. The van der Waals surface area contributed by atoms with Gasteiger partial charge in [0.15, 0.2) is 0 Å². The summed E-state index contributed by atoms with van der Waals surface area (Å²) in [7, 11) is 3.37. The van der Waals surface area contributed by atoms with Crippen molar-refractivity contribution < 1.29 is 9.53 Å². The first-order chi connectivity index (χ1) is 9.11. The normalized spacial score (nSPS) is 10.1.